The normalized spacial score (nSPS) is 11.1. The van der Waals surface area contributed by atoms with Crippen LogP contribution in [0.2, 0.25) is 10.2 Å². The second-order valence-corrected chi connectivity index (χ2v) is 5.38. The molecule has 0 fully saturated rings. The Hall–Kier alpha value is -1.78. The van der Waals surface area contributed by atoms with Crippen molar-refractivity contribution in [1.29, 1.82) is 0 Å². The molecule has 0 aliphatic carbocycles. The molecule has 0 N–H and O–H groups in total. The van der Waals surface area contributed by atoms with Gasteiger partial charge >= 0.3 is 0 Å². The molecule has 106 valence electrons. The molecular formula is C15H8Cl2F2N2. The molecule has 2 nitrogen and oxygen atoms in total. The second-order valence-electron chi connectivity index (χ2n) is 4.58. The van der Waals surface area contributed by atoms with Gasteiger partial charge in [0.2, 0.25) is 0 Å². The van der Waals surface area contributed by atoms with Crippen LogP contribution in [0.4, 0.5) is 8.78 Å². The molecule has 3 rings (SSSR count). The van der Waals surface area contributed by atoms with E-state index in [4.69, 9.17) is 23.2 Å². The maximum Gasteiger partial charge on any atom is 0.161 e. The van der Waals surface area contributed by atoms with E-state index in [1.165, 1.54) is 0 Å². The minimum Gasteiger partial charge on any atom is -0.228 e. The zero-order valence-corrected chi connectivity index (χ0v) is 12.3. The van der Waals surface area contributed by atoms with Crippen molar-refractivity contribution < 1.29 is 8.78 Å². The third kappa shape index (κ3) is 2.57. The molecule has 6 heteroatoms. The zero-order valence-electron chi connectivity index (χ0n) is 10.8. The fourth-order valence-corrected chi connectivity index (χ4v) is 2.54. The summed E-state index contributed by atoms with van der Waals surface area (Å²) in [6, 6.07) is 7.23. The molecule has 1 aromatic heterocycles. The molecule has 0 amide bonds. The molecule has 0 saturated heterocycles. The second kappa shape index (κ2) is 5.20. The first kappa shape index (κ1) is 14.2. The summed E-state index contributed by atoms with van der Waals surface area (Å²) in [5.41, 5.74) is 1.84. The molecule has 0 saturated carbocycles. The molecule has 0 spiro atoms. The Labute approximate surface area is 129 Å². The first-order valence-electron chi connectivity index (χ1n) is 6.04. The predicted molar refractivity (Wildman–Crippen MR) is 79.6 cm³/mol. The van der Waals surface area contributed by atoms with Gasteiger partial charge in [0.15, 0.2) is 17.5 Å². The van der Waals surface area contributed by atoms with Crippen molar-refractivity contribution in [3.05, 3.63) is 57.7 Å². The fraction of sp³-hybridized carbons (Fsp3) is 0.0667. The van der Waals surface area contributed by atoms with Crippen LogP contribution in [0.5, 0.6) is 0 Å². The van der Waals surface area contributed by atoms with Crippen LogP contribution in [-0.4, -0.2) is 9.97 Å². The van der Waals surface area contributed by atoms with E-state index in [1.54, 1.807) is 18.2 Å². The van der Waals surface area contributed by atoms with Crippen LogP contribution in [0, 0.1) is 18.6 Å². The highest BCUT2D eigenvalue weighted by Crippen LogP contribution is 2.29. The molecule has 21 heavy (non-hydrogen) atoms. The lowest BCUT2D eigenvalue weighted by Crippen LogP contribution is -1.96. The summed E-state index contributed by atoms with van der Waals surface area (Å²) in [6.45, 7) is 1.86. The first-order valence-corrected chi connectivity index (χ1v) is 6.80. The molecular weight excluding hydrogens is 317 g/mol. The van der Waals surface area contributed by atoms with Crippen LogP contribution in [0.3, 0.4) is 0 Å². The van der Waals surface area contributed by atoms with Crippen LogP contribution < -0.4 is 0 Å². The van der Waals surface area contributed by atoms with E-state index in [0.29, 0.717) is 10.8 Å². The number of hydrogen-bond acceptors (Lipinski definition) is 2. The molecule has 0 radical (unpaired) electrons. The molecule has 0 aliphatic rings. The summed E-state index contributed by atoms with van der Waals surface area (Å²) < 4.78 is 26.6. The zero-order chi connectivity index (χ0) is 15.1. The van der Waals surface area contributed by atoms with Crippen LogP contribution in [0.1, 0.15) is 5.56 Å². The topological polar surface area (TPSA) is 25.8 Å². The maximum absolute atomic E-state index is 13.4. The van der Waals surface area contributed by atoms with Gasteiger partial charge in [-0.05, 0) is 36.8 Å². The summed E-state index contributed by atoms with van der Waals surface area (Å²) in [4.78, 5) is 8.41. The molecule has 0 aliphatic heterocycles. The highest BCUT2D eigenvalue weighted by atomic mass is 35.5. The summed E-state index contributed by atoms with van der Waals surface area (Å²) in [6.07, 6.45) is 0. The van der Waals surface area contributed by atoms with Gasteiger partial charge in [0.25, 0.3) is 0 Å². The van der Waals surface area contributed by atoms with E-state index in [0.717, 1.165) is 23.3 Å². The van der Waals surface area contributed by atoms with Gasteiger partial charge in [-0.1, -0.05) is 23.2 Å². The van der Waals surface area contributed by atoms with Gasteiger partial charge in [0.05, 0.1) is 5.52 Å². The molecule has 0 bridgehead atoms. The van der Waals surface area contributed by atoms with E-state index < -0.39 is 11.6 Å². The minimum atomic E-state index is -0.983. The van der Waals surface area contributed by atoms with Crippen LogP contribution in [0.25, 0.3) is 22.3 Å². The van der Waals surface area contributed by atoms with Crippen molar-refractivity contribution in [2.24, 2.45) is 0 Å². The van der Waals surface area contributed by atoms with E-state index in [-0.39, 0.29) is 16.1 Å². The number of benzene rings is 2. The third-order valence-electron chi connectivity index (χ3n) is 3.12. The van der Waals surface area contributed by atoms with Gasteiger partial charge in [-0.15, -0.1) is 0 Å². The molecule has 3 aromatic rings. The Morgan fingerprint density at radius 3 is 2.38 bits per heavy atom. The minimum absolute atomic E-state index is 0.0725. The van der Waals surface area contributed by atoms with Gasteiger partial charge in [-0.2, -0.15) is 0 Å². The number of nitrogens with zero attached hydrogens (tertiary/aromatic N) is 2. The van der Waals surface area contributed by atoms with Gasteiger partial charge in [-0.3, -0.25) is 0 Å². The van der Waals surface area contributed by atoms with Crippen molar-refractivity contribution in [1.82, 2.24) is 9.97 Å². The van der Waals surface area contributed by atoms with E-state index in [9.17, 15) is 8.78 Å². The Morgan fingerprint density at radius 2 is 1.67 bits per heavy atom. The number of aromatic nitrogens is 2. The molecule has 2 aromatic carbocycles. The largest absolute Gasteiger partial charge is 0.228 e. The number of hydrogen-bond donors (Lipinski definition) is 0. The quantitative estimate of drug-likeness (QED) is 0.575. The lowest BCUT2D eigenvalue weighted by Gasteiger charge is -2.08. The lowest BCUT2D eigenvalue weighted by atomic mass is 10.1. The summed E-state index contributed by atoms with van der Waals surface area (Å²) in [5, 5.41) is 0.936. The Kier molecular flexibility index (Phi) is 3.51. The summed E-state index contributed by atoms with van der Waals surface area (Å²) in [7, 11) is 0. The number of halogens is 4. The van der Waals surface area contributed by atoms with Gasteiger partial charge in [-0.25, -0.2) is 18.7 Å². The third-order valence-corrected chi connectivity index (χ3v) is 3.64. The van der Waals surface area contributed by atoms with E-state index in [2.05, 4.69) is 9.97 Å². The molecule has 0 atom stereocenters. The summed E-state index contributed by atoms with van der Waals surface area (Å²) in [5.74, 6) is -1.62. The lowest BCUT2D eigenvalue weighted by molar-refractivity contribution is 0.510. The Morgan fingerprint density at radius 1 is 0.952 bits per heavy atom. The first-order chi connectivity index (χ1) is 9.95. The Bertz CT molecular complexity index is 866. The van der Waals surface area contributed by atoms with Crippen LogP contribution in [-0.2, 0) is 0 Å². The monoisotopic (exact) mass is 324 g/mol. The van der Waals surface area contributed by atoms with Crippen molar-refractivity contribution in [3.63, 3.8) is 0 Å². The molecule has 1 heterocycles. The van der Waals surface area contributed by atoms with Crippen molar-refractivity contribution >= 4 is 34.1 Å². The van der Waals surface area contributed by atoms with E-state index in [1.807, 2.05) is 6.92 Å². The van der Waals surface area contributed by atoms with Gasteiger partial charge in [0.1, 0.15) is 5.15 Å². The highest BCUT2D eigenvalue weighted by molar-refractivity contribution is 6.34. The maximum atomic E-state index is 13.4. The van der Waals surface area contributed by atoms with Crippen molar-refractivity contribution in [2.75, 3.05) is 0 Å². The van der Waals surface area contributed by atoms with Crippen molar-refractivity contribution in [3.8, 4) is 11.4 Å². The number of rotatable bonds is 1. The van der Waals surface area contributed by atoms with Crippen LogP contribution in [0.15, 0.2) is 30.3 Å². The predicted octanol–water partition coefficient (Wildman–Crippen LogP) is 5.19. The van der Waals surface area contributed by atoms with Gasteiger partial charge in [0, 0.05) is 22.0 Å². The highest BCUT2D eigenvalue weighted by Gasteiger charge is 2.13. The number of aryl methyl sites for hydroxylation is 1. The Balaban J connectivity index is 2.27. The SMILES string of the molecule is Cc1cc(Cl)ccc1-c1nc(Cl)c2cc(F)c(F)cc2n1. The van der Waals surface area contributed by atoms with Crippen molar-refractivity contribution in [2.45, 2.75) is 6.92 Å². The average Bonchev–Trinajstić information content (AvgIpc) is 2.41. The fourth-order valence-electron chi connectivity index (χ4n) is 2.08. The van der Waals surface area contributed by atoms with E-state index >= 15 is 0 Å². The smallest absolute Gasteiger partial charge is 0.161 e. The molecule has 0 unspecified atom stereocenters. The van der Waals surface area contributed by atoms with Crippen LogP contribution >= 0.6 is 23.2 Å². The average molecular weight is 325 g/mol. The standard InChI is InChI=1S/C15H8Cl2F2N2/c1-7-4-8(16)2-3-9(7)15-20-13-6-12(19)11(18)5-10(13)14(17)21-15/h2-6H,1H3. The summed E-state index contributed by atoms with van der Waals surface area (Å²) >= 11 is 12.0. The van der Waals surface area contributed by atoms with Gasteiger partial charge < -0.3 is 0 Å². The number of fused-ring (bicyclic) bond motifs is 1.